The van der Waals surface area contributed by atoms with Gasteiger partial charge in [-0.1, -0.05) is 6.92 Å². The Morgan fingerprint density at radius 1 is 1.60 bits per heavy atom. The standard InChI is InChI=1S/C11H18N2OS/c1-3-9-7-12-10(15)13(9)8-11(14-2)5-4-6-11/h7H,3-6,8H2,1-2H3,(H,12,15). The van der Waals surface area contributed by atoms with Crippen LogP contribution in [-0.2, 0) is 17.7 Å². The number of methoxy groups -OCH3 is 1. The van der Waals surface area contributed by atoms with E-state index in [0.29, 0.717) is 0 Å². The van der Waals surface area contributed by atoms with Crippen molar-refractivity contribution in [2.75, 3.05) is 7.11 Å². The summed E-state index contributed by atoms with van der Waals surface area (Å²) in [6.07, 6.45) is 6.59. The summed E-state index contributed by atoms with van der Waals surface area (Å²) in [7, 11) is 1.81. The van der Waals surface area contributed by atoms with Gasteiger partial charge in [-0.2, -0.15) is 0 Å². The Hall–Kier alpha value is -0.610. The first-order chi connectivity index (χ1) is 7.21. The van der Waals surface area contributed by atoms with Crippen molar-refractivity contribution in [3.05, 3.63) is 16.7 Å². The van der Waals surface area contributed by atoms with Gasteiger partial charge in [0.05, 0.1) is 12.1 Å². The number of hydrogen-bond donors (Lipinski definition) is 1. The molecule has 1 aliphatic carbocycles. The maximum absolute atomic E-state index is 5.62. The number of nitrogens with one attached hydrogen (secondary N) is 1. The third-order valence-electron chi connectivity index (χ3n) is 3.46. The topological polar surface area (TPSA) is 29.9 Å². The van der Waals surface area contributed by atoms with E-state index < -0.39 is 0 Å². The molecule has 0 saturated heterocycles. The molecule has 3 nitrogen and oxygen atoms in total. The van der Waals surface area contributed by atoms with E-state index in [0.717, 1.165) is 30.6 Å². The molecule has 1 saturated carbocycles. The van der Waals surface area contributed by atoms with Crippen LogP contribution in [0.2, 0.25) is 0 Å². The second kappa shape index (κ2) is 4.10. The van der Waals surface area contributed by atoms with Gasteiger partial charge in [-0.3, -0.25) is 0 Å². The van der Waals surface area contributed by atoms with Crippen LogP contribution in [-0.4, -0.2) is 22.3 Å². The van der Waals surface area contributed by atoms with E-state index in [1.165, 1.54) is 12.1 Å². The minimum atomic E-state index is 0.0460. The molecular weight excluding hydrogens is 208 g/mol. The zero-order valence-corrected chi connectivity index (χ0v) is 10.2. The molecular formula is C11H18N2OS. The van der Waals surface area contributed by atoms with Crippen molar-refractivity contribution in [3.63, 3.8) is 0 Å². The molecule has 1 fully saturated rings. The molecule has 0 bridgehead atoms. The molecule has 1 aromatic heterocycles. The Morgan fingerprint density at radius 3 is 2.80 bits per heavy atom. The van der Waals surface area contributed by atoms with E-state index >= 15 is 0 Å². The lowest BCUT2D eigenvalue weighted by molar-refractivity contribution is -0.0841. The summed E-state index contributed by atoms with van der Waals surface area (Å²) in [4.78, 5) is 3.11. The van der Waals surface area contributed by atoms with Crippen LogP contribution in [0.5, 0.6) is 0 Å². The molecule has 1 N–H and O–H groups in total. The molecule has 2 rings (SSSR count). The number of hydrogen-bond acceptors (Lipinski definition) is 2. The van der Waals surface area contributed by atoms with Crippen molar-refractivity contribution in [3.8, 4) is 0 Å². The number of aryl methyl sites for hydroxylation is 1. The number of aromatic nitrogens is 2. The van der Waals surface area contributed by atoms with E-state index in [-0.39, 0.29) is 5.60 Å². The summed E-state index contributed by atoms with van der Waals surface area (Å²) in [5.41, 5.74) is 1.31. The fourth-order valence-electron chi connectivity index (χ4n) is 2.18. The molecule has 1 heterocycles. The number of rotatable bonds is 4. The third kappa shape index (κ3) is 1.88. The number of imidazole rings is 1. The number of H-pyrrole nitrogens is 1. The predicted molar refractivity (Wildman–Crippen MR) is 62.6 cm³/mol. The van der Waals surface area contributed by atoms with E-state index in [1.54, 1.807) is 7.11 Å². The van der Waals surface area contributed by atoms with Gasteiger partial charge >= 0.3 is 0 Å². The van der Waals surface area contributed by atoms with E-state index in [2.05, 4.69) is 16.5 Å². The summed E-state index contributed by atoms with van der Waals surface area (Å²) in [6, 6.07) is 0. The molecule has 0 aliphatic heterocycles. The average Bonchev–Trinajstić information content (AvgIpc) is 2.53. The van der Waals surface area contributed by atoms with Crippen molar-refractivity contribution >= 4 is 12.2 Å². The quantitative estimate of drug-likeness (QED) is 0.800. The molecule has 0 atom stereocenters. The van der Waals surface area contributed by atoms with Gasteiger partial charge in [0, 0.05) is 19.0 Å². The Bertz CT molecular complexity index is 384. The molecule has 0 spiro atoms. The molecule has 84 valence electrons. The number of aromatic amines is 1. The van der Waals surface area contributed by atoms with Crippen LogP contribution < -0.4 is 0 Å². The highest BCUT2D eigenvalue weighted by Crippen LogP contribution is 2.36. The van der Waals surface area contributed by atoms with Crippen molar-refractivity contribution in [1.82, 2.24) is 9.55 Å². The summed E-state index contributed by atoms with van der Waals surface area (Å²) >= 11 is 5.28. The third-order valence-corrected chi connectivity index (χ3v) is 3.80. The zero-order chi connectivity index (χ0) is 10.9. The minimum Gasteiger partial charge on any atom is -0.376 e. The summed E-state index contributed by atoms with van der Waals surface area (Å²) in [5, 5.41) is 0. The normalized spacial score (nSPS) is 18.8. The predicted octanol–water partition coefficient (Wildman–Crippen LogP) is 2.68. The number of nitrogens with zero attached hydrogens (tertiary/aromatic N) is 1. The fraction of sp³-hybridized carbons (Fsp3) is 0.727. The Balaban J connectivity index is 2.22. The van der Waals surface area contributed by atoms with Gasteiger partial charge in [0.25, 0.3) is 0 Å². The average molecular weight is 226 g/mol. The van der Waals surface area contributed by atoms with E-state index in [1.807, 2.05) is 6.20 Å². The van der Waals surface area contributed by atoms with Crippen LogP contribution in [0.1, 0.15) is 31.9 Å². The smallest absolute Gasteiger partial charge is 0.177 e. The maximum Gasteiger partial charge on any atom is 0.177 e. The number of ether oxygens (including phenoxy) is 1. The molecule has 0 radical (unpaired) electrons. The van der Waals surface area contributed by atoms with Crippen LogP contribution in [0.25, 0.3) is 0 Å². The highest BCUT2D eigenvalue weighted by molar-refractivity contribution is 7.71. The minimum absolute atomic E-state index is 0.0460. The monoisotopic (exact) mass is 226 g/mol. The first kappa shape index (κ1) is 10.9. The second-order valence-corrected chi connectivity index (χ2v) is 4.65. The van der Waals surface area contributed by atoms with E-state index in [4.69, 9.17) is 17.0 Å². The molecule has 15 heavy (non-hydrogen) atoms. The Kier molecular flexibility index (Phi) is 2.98. The lowest BCUT2D eigenvalue weighted by Crippen LogP contribution is -2.43. The van der Waals surface area contributed by atoms with Crippen molar-refractivity contribution in [2.45, 2.75) is 44.8 Å². The van der Waals surface area contributed by atoms with Gasteiger partial charge in [-0.15, -0.1) is 0 Å². The largest absolute Gasteiger partial charge is 0.376 e. The Morgan fingerprint density at radius 2 is 2.33 bits per heavy atom. The summed E-state index contributed by atoms with van der Waals surface area (Å²) < 4.78 is 8.61. The van der Waals surface area contributed by atoms with Gasteiger partial charge in [0.1, 0.15) is 0 Å². The van der Waals surface area contributed by atoms with Gasteiger partial charge in [-0.05, 0) is 37.9 Å². The van der Waals surface area contributed by atoms with E-state index in [9.17, 15) is 0 Å². The maximum atomic E-state index is 5.62. The van der Waals surface area contributed by atoms with Gasteiger partial charge in [-0.25, -0.2) is 0 Å². The summed E-state index contributed by atoms with van der Waals surface area (Å²) in [6.45, 7) is 3.05. The summed E-state index contributed by atoms with van der Waals surface area (Å²) in [5.74, 6) is 0. The van der Waals surface area contributed by atoms with Gasteiger partial charge in [0.15, 0.2) is 4.77 Å². The molecule has 0 amide bonds. The molecule has 1 aromatic rings. The highest BCUT2D eigenvalue weighted by Gasteiger charge is 2.37. The lowest BCUT2D eigenvalue weighted by Gasteiger charge is -2.41. The first-order valence-electron chi connectivity index (χ1n) is 5.53. The fourth-order valence-corrected chi connectivity index (χ4v) is 2.42. The first-order valence-corrected chi connectivity index (χ1v) is 5.94. The van der Waals surface area contributed by atoms with Crippen LogP contribution in [0, 0.1) is 4.77 Å². The van der Waals surface area contributed by atoms with Crippen molar-refractivity contribution in [2.24, 2.45) is 0 Å². The lowest BCUT2D eigenvalue weighted by atomic mass is 9.80. The van der Waals surface area contributed by atoms with Gasteiger partial charge < -0.3 is 14.3 Å². The second-order valence-electron chi connectivity index (χ2n) is 4.27. The molecule has 1 aliphatic rings. The van der Waals surface area contributed by atoms with Gasteiger partial charge in [0.2, 0.25) is 0 Å². The van der Waals surface area contributed by atoms with Crippen LogP contribution in [0.15, 0.2) is 6.20 Å². The Labute approximate surface area is 95.5 Å². The molecule has 0 aromatic carbocycles. The van der Waals surface area contributed by atoms with Crippen molar-refractivity contribution < 1.29 is 4.74 Å². The van der Waals surface area contributed by atoms with Crippen molar-refractivity contribution in [1.29, 1.82) is 0 Å². The molecule has 4 heteroatoms. The SMILES string of the molecule is CCc1c[nH]c(=S)n1CC1(OC)CCC1. The van der Waals surface area contributed by atoms with Crippen LogP contribution in [0.3, 0.4) is 0 Å². The van der Waals surface area contributed by atoms with Crippen LogP contribution in [0.4, 0.5) is 0 Å². The highest BCUT2D eigenvalue weighted by atomic mass is 32.1. The molecule has 0 unspecified atom stereocenters. The zero-order valence-electron chi connectivity index (χ0n) is 9.38. The van der Waals surface area contributed by atoms with Crippen LogP contribution >= 0.6 is 12.2 Å².